The summed E-state index contributed by atoms with van der Waals surface area (Å²) in [5, 5.41) is 0. The number of rotatable bonds is 4. The van der Waals surface area contributed by atoms with E-state index in [2.05, 4.69) is 4.72 Å². The monoisotopic (exact) mass is 355 g/mol. The van der Waals surface area contributed by atoms with Gasteiger partial charge in [0, 0.05) is 0 Å². The highest BCUT2D eigenvalue weighted by atomic mass is 32.2. The minimum atomic E-state index is -4.73. The molecule has 0 unspecified atom stereocenters. The molecule has 1 aliphatic rings. The van der Waals surface area contributed by atoms with E-state index in [1.54, 1.807) is 24.3 Å². The van der Waals surface area contributed by atoms with E-state index < -0.39 is 32.2 Å². The number of alkyl halides is 3. The summed E-state index contributed by atoms with van der Waals surface area (Å²) in [6, 6.07) is 13.2. The molecule has 1 fully saturated rings. The van der Waals surface area contributed by atoms with Gasteiger partial charge in [-0.2, -0.15) is 13.2 Å². The third-order valence-corrected chi connectivity index (χ3v) is 5.94. The van der Waals surface area contributed by atoms with Crippen molar-refractivity contribution in [2.24, 2.45) is 0 Å². The fraction of sp³-hybridized carbons (Fsp3) is 0.294. The molecular weight excluding hydrogens is 339 g/mol. The van der Waals surface area contributed by atoms with Crippen LogP contribution in [0.4, 0.5) is 13.2 Å². The van der Waals surface area contributed by atoms with Crippen molar-refractivity contribution in [2.45, 2.75) is 35.9 Å². The smallest absolute Gasteiger partial charge is 0.207 e. The first-order valence-corrected chi connectivity index (χ1v) is 8.99. The van der Waals surface area contributed by atoms with Crippen molar-refractivity contribution in [1.82, 2.24) is 4.72 Å². The fourth-order valence-corrected chi connectivity index (χ4v) is 4.66. The molecule has 0 bridgehead atoms. The molecule has 7 heteroatoms. The zero-order valence-corrected chi connectivity index (χ0v) is 13.5. The molecule has 3 rings (SSSR count). The van der Waals surface area contributed by atoms with Crippen LogP contribution in [0.2, 0.25) is 0 Å². The van der Waals surface area contributed by atoms with Crippen molar-refractivity contribution in [1.29, 1.82) is 0 Å². The van der Waals surface area contributed by atoms with Gasteiger partial charge in [-0.1, -0.05) is 42.5 Å². The molecule has 0 saturated heterocycles. The Hall–Kier alpha value is -1.86. The summed E-state index contributed by atoms with van der Waals surface area (Å²) in [5.41, 5.74) is -1.22. The largest absolute Gasteiger partial charge is 0.417 e. The highest BCUT2D eigenvalue weighted by Crippen LogP contribution is 2.43. The van der Waals surface area contributed by atoms with Crippen LogP contribution >= 0.6 is 0 Å². The van der Waals surface area contributed by atoms with E-state index in [-0.39, 0.29) is 0 Å². The minimum Gasteiger partial charge on any atom is -0.207 e. The molecule has 0 radical (unpaired) electrons. The Kier molecular flexibility index (Phi) is 4.17. The molecule has 0 aliphatic heterocycles. The predicted octanol–water partition coefficient (Wildman–Crippen LogP) is 4.06. The lowest BCUT2D eigenvalue weighted by molar-refractivity contribution is -0.139. The molecule has 128 valence electrons. The third-order valence-electron chi connectivity index (χ3n) is 4.35. The second kappa shape index (κ2) is 5.89. The second-order valence-electron chi connectivity index (χ2n) is 5.90. The first-order chi connectivity index (χ1) is 11.2. The lowest BCUT2D eigenvalue weighted by Gasteiger charge is -2.42. The molecule has 1 saturated carbocycles. The van der Waals surface area contributed by atoms with Gasteiger partial charge >= 0.3 is 6.18 Å². The minimum absolute atomic E-state index is 0.560. The fourth-order valence-electron chi connectivity index (χ4n) is 2.98. The van der Waals surface area contributed by atoms with Gasteiger partial charge in [0.15, 0.2) is 0 Å². The van der Waals surface area contributed by atoms with Crippen molar-refractivity contribution in [2.75, 3.05) is 0 Å². The SMILES string of the molecule is O=S(=O)(NC1(c2ccccc2)CCC1)c1ccccc1C(F)(F)F. The Labute approximate surface area is 138 Å². The molecule has 3 nitrogen and oxygen atoms in total. The van der Waals surface area contributed by atoms with Gasteiger partial charge in [0.1, 0.15) is 0 Å². The number of benzene rings is 2. The Balaban J connectivity index is 2.01. The quantitative estimate of drug-likeness (QED) is 0.899. The normalized spacial score (nSPS) is 17.3. The van der Waals surface area contributed by atoms with E-state index in [0.717, 1.165) is 24.1 Å². The highest BCUT2D eigenvalue weighted by molar-refractivity contribution is 7.89. The van der Waals surface area contributed by atoms with Crippen LogP contribution in [-0.4, -0.2) is 8.42 Å². The number of hydrogen-bond acceptors (Lipinski definition) is 2. The van der Waals surface area contributed by atoms with E-state index in [0.29, 0.717) is 12.8 Å². The maximum atomic E-state index is 13.1. The average Bonchev–Trinajstić information content (AvgIpc) is 2.51. The Morgan fingerprint density at radius 1 is 0.917 bits per heavy atom. The summed E-state index contributed by atoms with van der Waals surface area (Å²) in [6.45, 7) is 0. The van der Waals surface area contributed by atoms with Crippen molar-refractivity contribution >= 4 is 10.0 Å². The van der Waals surface area contributed by atoms with Gasteiger partial charge in [-0.15, -0.1) is 0 Å². The molecule has 2 aromatic rings. The standard InChI is InChI=1S/C17H16F3NO2S/c18-17(19,20)14-9-4-5-10-15(14)24(22,23)21-16(11-6-12-16)13-7-2-1-3-8-13/h1-5,7-10,21H,6,11-12H2. The lowest BCUT2D eigenvalue weighted by atomic mass is 9.73. The van der Waals surface area contributed by atoms with Crippen LogP contribution in [0.15, 0.2) is 59.5 Å². The maximum Gasteiger partial charge on any atom is 0.417 e. The van der Waals surface area contributed by atoms with Gasteiger partial charge in [-0.3, -0.25) is 0 Å². The van der Waals surface area contributed by atoms with E-state index in [1.165, 1.54) is 12.1 Å². The Morgan fingerprint density at radius 3 is 2.04 bits per heavy atom. The van der Waals surface area contributed by atoms with E-state index in [1.807, 2.05) is 6.07 Å². The van der Waals surface area contributed by atoms with Crippen LogP contribution < -0.4 is 4.72 Å². The first kappa shape index (κ1) is 17.0. The molecular formula is C17H16F3NO2S. The summed E-state index contributed by atoms with van der Waals surface area (Å²) in [5.74, 6) is 0. The van der Waals surface area contributed by atoms with Crippen LogP contribution in [0.3, 0.4) is 0 Å². The molecule has 0 aromatic heterocycles. The number of hydrogen-bond donors (Lipinski definition) is 1. The zero-order chi connectivity index (χ0) is 17.4. The van der Waals surface area contributed by atoms with E-state index >= 15 is 0 Å². The zero-order valence-electron chi connectivity index (χ0n) is 12.7. The van der Waals surface area contributed by atoms with Gasteiger partial charge in [-0.05, 0) is 37.0 Å². The van der Waals surface area contributed by atoms with Gasteiger partial charge in [-0.25, -0.2) is 13.1 Å². The van der Waals surface area contributed by atoms with Crippen LogP contribution in [0.1, 0.15) is 30.4 Å². The summed E-state index contributed by atoms with van der Waals surface area (Å²) >= 11 is 0. The first-order valence-electron chi connectivity index (χ1n) is 7.50. The lowest BCUT2D eigenvalue weighted by Crippen LogP contribution is -2.50. The molecule has 0 amide bonds. The van der Waals surface area contributed by atoms with Gasteiger partial charge in [0.05, 0.1) is 16.0 Å². The highest BCUT2D eigenvalue weighted by Gasteiger charge is 2.44. The molecule has 0 atom stereocenters. The van der Waals surface area contributed by atoms with Crippen molar-refractivity contribution in [3.05, 3.63) is 65.7 Å². The van der Waals surface area contributed by atoms with Crippen molar-refractivity contribution in [3.63, 3.8) is 0 Å². The van der Waals surface area contributed by atoms with E-state index in [4.69, 9.17) is 0 Å². The summed E-state index contributed by atoms with van der Waals surface area (Å²) in [4.78, 5) is -0.736. The Morgan fingerprint density at radius 2 is 1.50 bits per heavy atom. The van der Waals surface area contributed by atoms with Gasteiger partial charge < -0.3 is 0 Å². The Bertz CT molecular complexity index is 828. The summed E-state index contributed by atoms with van der Waals surface area (Å²) in [7, 11) is -4.31. The van der Waals surface area contributed by atoms with Crippen LogP contribution in [0, 0.1) is 0 Å². The van der Waals surface area contributed by atoms with Crippen LogP contribution in [-0.2, 0) is 21.7 Å². The van der Waals surface area contributed by atoms with Crippen LogP contribution in [0.5, 0.6) is 0 Å². The number of halogens is 3. The second-order valence-corrected chi connectivity index (χ2v) is 7.55. The predicted molar refractivity (Wildman–Crippen MR) is 83.7 cm³/mol. The van der Waals surface area contributed by atoms with Gasteiger partial charge in [0.2, 0.25) is 10.0 Å². The molecule has 1 N–H and O–H groups in total. The number of nitrogens with one attached hydrogen (secondary N) is 1. The third kappa shape index (κ3) is 3.06. The molecule has 2 aromatic carbocycles. The topological polar surface area (TPSA) is 46.2 Å². The van der Waals surface area contributed by atoms with Crippen molar-refractivity contribution < 1.29 is 21.6 Å². The molecule has 0 heterocycles. The summed E-state index contributed by atoms with van der Waals surface area (Å²) < 4.78 is 67.3. The molecule has 1 aliphatic carbocycles. The molecule has 0 spiro atoms. The van der Waals surface area contributed by atoms with Crippen LogP contribution in [0.25, 0.3) is 0 Å². The average molecular weight is 355 g/mol. The van der Waals surface area contributed by atoms with Gasteiger partial charge in [0.25, 0.3) is 0 Å². The van der Waals surface area contributed by atoms with E-state index in [9.17, 15) is 21.6 Å². The summed E-state index contributed by atoms with van der Waals surface area (Å²) in [6.07, 6.45) is -2.79. The number of sulfonamides is 1. The maximum absolute atomic E-state index is 13.1. The molecule has 24 heavy (non-hydrogen) atoms. The van der Waals surface area contributed by atoms with Crippen molar-refractivity contribution in [3.8, 4) is 0 Å².